The van der Waals surface area contributed by atoms with Crippen LogP contribution in [0.2, 0.25) is 0 Å². The quantitative estimate of drug-likeness (QED) is 0.422. The molecule has 0 amide bonds. The molecule has 0 saturated heterocycles. The van der Waals surface area contributed by atoms with E-state index in [9.17, 15) is 19.2 Å². The molecule has 8 heteroatoms. The number of ether oxygens (including phenoxy) is 3. The number of esters is 3. The van der Waals surface area contributed by atoms with E-state index in [0.29, 0.717) is 40.1 Å². The van der Waals surface area contributed by atoms with Gasteiger partial charge in [0.1, 0.15) is 5.92 Å². The normalized spacial score (nSPS) is 22.7. The first-order valence-corrected chi connectivity index (χ1v) is 10.4. The van der Waals surface area contributed by atoms with Gasteiger partial charge >= 0.3 is 17.9 Å². The first kappa shape index (κ1) is 23.2. The second kappa shape index (κ2) is 9.38. The fourth-order valence-corrected chi connectivity index (χ4v) is 4.42. The Balaban J connectivity index is 2.17. The molecule has 1 heterocycles. The lowest BCUT2D eigenvalue weighted by Gasteiger charge is -2.38. The van der Waals surface area contributed by atoms with Crippen molar-refractivity contribution in [2.24, 2.45) is 11.8 Å². The molecule has 2 aliphatic rings. The first-order chi connectivity index (χ1) is 15.2. The van der Waals surface area contributed by atoms with Crippen molar-refractivity contribution in [3.05, 3.63) is 57.9 Å². The minimum atomic E-state index is -0.959. The molecule has 0 spiro atoms. The number of hydrogen-bond acceptors (Lipinski definition) is 8. The van der Waals surface area contributed by atoms with E-state index in [1.165, 1.54) is 14.2 Å². The predicted molar refractivity (Wildman–Crippen MR) is 114 cm³/mol. The highest BCUT2D eigenvalue weighted by molar-refractivity contribution is 6.12. The number of benzene rings is 1. The number of dihydropyridines is 1. The van der Waals surface area contributed by atoms with Crippen LogP contribution in [0.15, 0.2) is 46.8 Å². The molecule has 1 aromatic rings. The largest absolute Gasteiger partial charge is 0.468 e. The van der Waals surface area contributed by atoms with E-state index in [0.717, 1.165) is 0 Å². The van der Waals surface area contributed by atoms with Gasteiger partial charge in [0.25, 0.3) is 0 Å². The summed E-state index contributed by atoms with van der Waals surface area (Å²) in [5, 5.41) is 3.20. The van der Waals surface area contributed by atoms with Crippen molar-refractivity contribution >= 4 is 23.7 Å². The van der Waals surface area contributed by atoms with Gasteiger partial charge in [-0.25, -0.2) is 9.59 Å². The molecule has 0 aromatic heterocycles. The van der Waals surface area contributed by atoms with Crippen molar-refractivity contribution in [2.45, 2.75) is 33.1 Å². The number of methoxy groups -OCH3 is 2. The average Bonchev–Trinajstić information content (AvgIpc) is 2.77. The zero-order chi connectivity index (χ0) is 23.6. The topological polar surface area (TPSA) is 108 Å². The second-order valence-corrected chi connectivity index (χ2v) is 7.87. The summed E-state index contributed by atoms with van der Waals surface area (Å²) in [6.07, 6.45) is 0.449. The Morgan fingerprint density at radius 3 is 2.28 bits per heavy atom. The molecule has 1 aliphatic heterocycles. The van der Waals surface area contributed by atoms with E-state index in [-0.39, 0.29) is 18.3 Å². The highest BCUT2D eigenvalue weighted by Crippen LogP contribution is 2.45. The molecule has 1 aliphatic carbocycles. The number of allylic oxidation sites excluding steroid dienone is 3. The number of ketones is 1. The van der Waals surface area contributed by atoms with Gasteiger partial charge in [0, 0.05) is 22.9 Å². The van der Waals surface area contributed by atoms with E-state index in [1.54, 1.807) is 38.1 Å². The molecule has 0 radical (unpaired) electrons. The Morgan fingerprint density at radius 2 is 1.72 bits per heavy atom. The fraction of sp³-hybridized carbons (Fsp3) is 0.417. The molecule has 1 aromatic carbocycles. The molecule has 170 valence electrons. The van der Waals surface area contributed by atoms with Gasteiger partial charge in [-0.2, -0.15) is 0 Å². The van der Waals surface area contributed by atoms with Crippen LogP contribution in [0.25, 0.3) is 0 Å². The summed E-state index contributed by atoms with van der Waals surface area (Å²) < 4.78 is 14.9. The number of hydrogen-bond donors (Lipinski definition) is 1. The average molecular weight is 441 g/mol. The molecular formula is C24H27NO7. The van der Waals surface area contributed by atoms with Gasteiger partial charge in [-0.05, 0) is 43.9 Å². The lowest BCUT2D eigenvalue weighted by atomic mass is 9.69. The third kappa shape index (κ3) is 4.04. The zero-order valence-corrected chi connectivity index (χ0v) is 18.8. The predicted octanol–water partition coefficient (Wildman–Crippen LogP) is 2.65. The molecule has 1 N–H and O–H groups in total. The maximum absolute atomic E-state index is 13.6. The zero-order valence-electron chi connectivity index (χ0n) is 18.8. The molecule has 0 bridgehead atoms. The van der Waals surface area contributed by atoms with Gasteiger partial charge in [0.05, 0.1) is 32.0 Å². The molecule has 32 heavy (non-hydrogen) atoms. The molecular weight excluding hydrogens is 414 g/mol. The van der Waals surface area contributed by atoms with Gasteiger partial charge < -0.3 is 19.5 Å². The number of nitrogens with one attached hydrogen (secondary N) is 1. The highest BCUT2D eigenvalue weighted by Gasteiger charge is 2.47. The molecule has 3 rings (SSSR count). The van der Waals surface area contributed by atoms with E-state index in [1.807, 2.05) is 6.92 Å². The smallest absolute Gasteiger partial charge is 0.337 e. The van der Waals surface area contributed by atoms with E-state index < -0.39 is 29.7 Å². The summed E-state index contributed by atoms with van der Waals surface area (Å²) in [5.41, 5.74) is 2.87. The van der Waals surface area contributed by atoms with Gasteiger partial charge in [-0.15, -0.1) is 0 Å². The second-order valence-electron chi connectivity index (χ2n) is 7.87. The summed E-state index contributed by atoms with van der Waals surface area (Å²) in [6, 6.07) is 6.51. The number of carbonyl (C=O) groups excluding carboxylic acids is 4. The van der Waals surface area contributed by atoms with E-state index in [2.05, 4.69) is 5.32 Å². The lowest BCUT2D eigenvalue weighted by Crippen LogP contribution is -2.43. The van der Waals surface area contributed by atoms with Gasteiger partial charge in [0.2, 0.25) is 0 Å². The highest BCUT2D eigenvalue weighted by atomic mass is 16.5. The summed E-state index contributed by atoms with van der Waals surface area (Å²) in [6.45, 7) is 5.46. The maximum atomic E-state index is 13.6. The van der Waals surface area contributed by atoms with Crippen LogP contribution < -0.4 is 5.32 Å². The molecule has 0 unspecified atom stereocenters. The van der Waals surface area contributed by atoms with E-state index >= 15 is 0 Å². The Bertz CT molecular complexity index is 1020. The van der Waals surface area contributed by atoms with Crippen LogP contribution in [0.3, 0.4) is 0 Å². The number of rotatable bonds is 5. The molecule has 8 nitrogen and oxygen atoms in total. The minimum Gasteiger partial charge on any atom is -0.468 e. The Labute approximate surface area is 186 Å². The van der Waals surface area contributed by atoms with Crippen LogP contribution in [0.4, 0.5) is 0 Å². The van der Waals surface area contributed by atoms with Crippen molar-refractivity contribution in [3.8, 4) is 0 Å². The van der Waals surface area contributed by atoms with Gasteiger partial charge in [0.15, 0.2) is 5.78 Å². The van der Waals surface area contributed by atoms with Crippen molar-refractivity contribution < 1.29 is 33.4 Å². The van der Waals surface area contributed by atoms with Crippen LogP contribution in [-0.4, -0.2) is 44.5 Å². The van der Waals surface area contributed by atoms with Crippen molar-refractivity contribution in [1.82, 2.24) is 5.32 Å². The Morgan fingerprint density at radius 1 is 1.06 bits per heavy atom. The van der Waals surface area contributed by atoms with Crippen LogP contribution in [-0.2, 0) is 28.6 Å². The summed E-state index contributed by atoms with van der Waals surface area (Å²) in [7, 11) is 2.54. The van der Waals surface area contributed by atoms with Crippen LogP contribution in [0.5, 0.6) is 0 Å². The van der Waals surface area contributed by atoms with Gasteiger partial charge in [-0.3, -0.25) is 9.59 Å². The first-order valence-electron chi connectivity index (χ1n) is 10.4. The number of carbonyl (C=O) groups is 4. The minimum absolute atomic E-state index is 0.172. The summed E-state index contributed by atoms with van der Waals surface area (Å²) in [4.78, 5) is 50.7. The fourth-order valence-electron chi connectivity index (χ4n) is 4.42. The van der Waals surface area contributed by atoms with Gasteiger partial charge in [-0.1, -0.05) is 19.1 Å². The monoisotopic (exact) mass is 441 g/mol. The van der Waals surface area contributed by atoms with E-state index in [4.69, 9.17) is 14.2 Å². The molecule has 3 atom stereocenters. The summed E-state index contributed by atoms with van der Waals surface area (Å²) in [5.74, 6) is -3.99. The Hall–Kier alpha value is -3.42. The van der Waals surface area contributed by atoms with Crippen LogP contribution in [0.1, 0.15) is 49.0 Å². The van der Waals surface area contributed by atoms with Crippen LogP contribution >= 0.6 is 0 Å². The standard InChI is InChI=1S/C24H27NO7/c1-6-32-24(29)18-13(3)25-16-11-12(2)17(23(28)31-5)21(26)20(16)19(18)14-7-9-15(10-8-14)22(27)30-4/h7-10,12,17,19,25H,6,11H2,1-5H3/t12-,17-,19+/m0/s1. The number of Topliss-reactive ketones (excluding diaryl/α,β-unsaturated/α-hetero) is 1. The third-order valence-corrected chi connectivity index (χ3v) is 5.90. The van der Waals surface area contributed by atoms with Crippen molar-refractivity contribution in [1.29, 1.82) is 0 Å². The molecule has 0 saturated carbocycles. The lowest BCUT2D eigenvalue weighted by molar-refractivity contribution is -0.151. The SMILES string of the molecule is CCOC(=O)C1=C(C)NC2=C(C(=O)[C@@H](C(=O)OC)[C@@H](C)C2)[C@@H]1c1ccc(C(=O)OC)cc1. The van der Waals surface area contributed by atoms with Crippen molar-refractivity contribution in [2.75, 3.05) is 20.8 Å². The molecule has 0 fully saturated rings. The maximum Gasteiger partial charge on any atom is 0.337 e. The van der Waals surface area contributed by atoms with Crippen molar-refractivity contribution in [3.63, 3.8) is 0 Å². The third-order valence-electron chi connectivity index (χ3n) is 5.90. The Kier molecular flexibility index (Phi) is 6.81. The summed E-state index contributed by atoms with van der Waals surface area (Å²) >= 11 is 0. The van der Waals surface area contributed by atoms with Crippen LogP contribution in [0, 0.1) is 11.8 Å².